The lowest BCUT2D eigenvalue weighted by molar-refractivity contribution is -0.147. The topological polar surface area (TPSA) is 162 Å². The van der Waals surface area contributed by atoms with Crippen LogP contribution in [0.15, 0.2) is 42.5 Å². The number of amidine groups is 1. The molecule has 1 saturated carbocycles. The van der Waals surface area contributed by atoms with Crippen molar-refractivity contribution >= 4 is 34.8 Å². The quantitative estimate of drug-likeness (QED) is 0.173. The number of esters is 1. The van der Waals surface area contributed by atoms with E-state index in [1.165, 1.54) is 7.11 Å². The summed E-state index contributed by atoms with van der Waals surface area (Å²) in [6.07, 6.45) is 3.95. The lowest BCUT2D eigenvalue weighted by Gasteiger charge is -2.34. The maximum absolute atomic E-state index is 13.6. The lowest BCUT2D eigenvalue weighted by Crippen LogP contribution is -2.44. The van der Waals surface area contributed by atoms with Gasteiger partial charge in [-0.1, -0.05) is 0 Å². The Hall–Kier alpha value is -4.81. The number of nitrogens with zero attached hydrogens (tertiary/aromatic N) is 4. The van der Waals surface area contributed by atoms with Gasteiger partial charge in [0.25, 0.3) is 0 Å². The number of ether oxygens (including phenoxy) is 4. The Kier molecular flexibility index (Phi) is 11.0. The number of benzene rings is 2. The van der Waals surface area contributed by atoms with Crippen LogP contribution in [-0.4, -0.2) is 88.2 Å². The monoisotopic (exact) mass is 676 g/mol. The van der Waals surface area contributed by atoms with Gasteiger partial charge >= 0.3 is 12.1 Å². The van der Waals surface area contributed by atoms with Gasteiger partial charge in [-0.15, -0.1) is 0 Å². The normalized spacial score (nSPS) is 18.5. The molecule has 13 heteroatoms. The van der Waals surface area contributed by atoms with Gasteiger partial charge in [-0.05, 0) is 88.9 Å². The van der Waals surface area contributed by atoms with E-state index in [0.29, 0.717) is 67.2 Å². The molecule has 1 aliphatic carbocycles. The van der Waals surface area contributed by atoms with Gasteiger partial charge in [-0.2, -0.15) is 0 Å². The first kappa shape index (κ1) is 35.5. The molecule has 1 aromatic heterocycles. The molecule has 1 aliphatic heterocycles. The molecule has 3 N–H and O–H groups in total. The molecular formula is C36H48N6O7. The van der Waals surface area contributed by atoms with E-state index in [9.17, 15) is 14.4 Å². The van der Waals surface area contributed by atoms with Crippen LogP contribution in [0, 0.1) is 11.3 Å². The highest BCUT2D eigenvalue weighted by Crippen LogP contribution is 2.29. The smallest absolute Gasteiger partial charge is 0.410 e. The van der Waals surface area contributed by atoms with Crippen LogP contribution < -0.4 is 15.2 Å². The molecule has 0 atom stereocenters. The summed E-state index contributed by atoms with van der Waals surface area (Å²) in [6, 6.07) is 12.7. The van der Waals surface area contributed by atoms with Crippen LogP contribution in [0.3, 0.4) is 0 Å². The van der Waals surface area contributed by atoms with Gasteiger partial charge in [-0.25, -0.2) is 9.78 Å². The number of hydrogen-bond donors (Lipinski definition) is 2. The first-order chi connectivity index (χ1) is 23.3. The molecule has 0 spiro atoms. The number of imidazole rings is 1. The van der Waals surface area contributed by atoms with Gasteiger partial charge in [0, 0.05) is 44.6 Å². The second-order valence-corrected chi connectivity index (χ2v) is 13.8. The molecule has 2 aliphatic rings. The van der Waals surface area contributed by atoms with Crippen LogP contribution in [0.1, 0.15) is 70.7 Å². The van der Waals surface area contributed by atoms with Gasteiger partial charge in [-0.3, -0.25) is 15.0 Å². The number of likely N-dealkylation sites (tertiary alicyclic amines) is 1. The van der Waals surface area contributed by atoms with E-state index >= 15 is 0 Å². The van der Waals surface area contributed by atoms with Crippen LogP contribution in [-0.2, 0) is 32.2 Å². The molecule has 0 bridgehead atoms. The first-order valence-corrected chi connectivity index (χ1v) is 16.9. The summed E-state index contributed by atoms with van der Waals surface area (Å²) in [4.78, 5) is 46.2. The Labute approximate surface area is 287 Å². The maximum atomic E-state index is 13.6. The highest BCUT2D eigenvalue weighted by Gasteiger charge is 2.31. The summed E-state index contributed by atoms with van der Waals surface area (Å²) in [5.74, 6) is 1.43. The number of likely N-dealkylation sites (N-methyl/N-ethyl adjacent to an activating group) is 1. The average Bonchev–Trinajstić information content (AvgIpc) is 3.42. The first-order valence-electron chi connectivity index (χ1n) is 16.9. The zero-order valence-electron chi connectivity index (χ0n) is 29.1. The molecule has 1 saturated heterocycles. The van der Waals surface area contributed by atoms with E-state index in [-0.39, 0.29) is 55.0 Å². The van der Waals surface area contributed by atoms with Crippen molar-refractivity contribution in [3.05, 3.63) is 53.9 Å². The largest absolute Gasteiger partial charge is 0.490 e. The van der Waals surface area contributed by atoms with Crippen LogP contribution in [0.2, 0.25) is 0 Å². The molecule has 2 heterocycles. The van der Waals surface area contributed by atoms with E-state index in [1.54, 1.807) is 21.9 Å². The van der Waals surface area contributed by atoms with Crippen molar-refractivity contribution in [1.82, 2.24) is 19.4 Å². The van der Waals surface area contributed by atoms with Crippen molar-refractivity contribution in [3.63, 3.8) is 0 Å². The third-order valence-corrected chi connectivity index (χ3v) is 9.19. The minimum absolute atomic E-state index is 0.0104. The molecule has 3 aromatic rings. The fourth-order valence-corrected chi connectivity index (χ4v) is 6.39. The number of nitrogens with one attached hydrogen (secondary N) is 1. The molecule has 2 aromatic carbocycles. The highest BCUT2D eigenvalue weighted by molar-refractivity contribution is 5.98. The van der Waals surface area contributed by atoms with Crippen LogP contribution >= 0.6 is 0 Å². The summed E-state index contributed by atoms with van der Waals surface area (Å²) in [6.45, 7) is 6.89. The predicted molar refractivity (Wildman–Crippen MR) is 184 cm³/mol. The molecule has 0 unspecified atom stereocenters. The summed E-state index contributed by atoms with van der Waals surface area (Å²) < 4.78 is 24.6. The molecule has 5 rings (SSSR count). The number of carbonyl (C=O) groups is 3. The second-order valence-electron chi connectivity index (χ2n) is 13.8. The highest BCUT2D eigenvalue weighted by atomic mass is 16.6. The fourth-order valence-electron chi connectivity index (χ4n) is 6.39. The molecule has 264 valence electrons. The standard InChI is InChI=1S/C36H48N6O7/c1-36(2,3)49-35(45)41-18-16-28(17-19-41)48-27-13-11-26(12-14-27)47-22-31-39-29-20-24(33(37)38)8-15-30(29)42(31)21-32(43)40(4)25-9-6-23(7-10-25)34(44)46-5/h8,11-15,20,23,25,28H,6-7,9-10,16-19,21-22H2,1-5H3,(H3,37,38). The Morgan fingerprint density at radius 1 is 0.980 bits per heavy atom. The number of amides is 2. The van der Waals surface area contributed by atoms with Crippen molar-refractivity contribution in [3.8, 4) is 11.5 Å². The second kappa shape index (κ2) is 15.2. The van der Waals surface area contributed by atoms with Gasteiger partial charge in [0.1, 0.15) is 48.0 Å². The summed E-state index contributed by atoms with van der Waals surface area (Å²) in [5.41, 5.74) is 7.10. The summed E-state index contributed by atoms with van der Waals surface area (Å²) in [7, 11) is 3.22. The summed E-state index contributed by atoms with van der Waals surface area (Å²) in [5, 5.41) is 7.85. The number of hydrogen-bond acceptors (Lipinski definition) is 9. The number of nitrogen functional groups attached to an aromatic ring is 1. The average molecular weight is 677 g/mol. The molecule has 13 nitrogen and oxygen atoms in total. The van der Waals surface area contributed by atoms with E-state index in [0.717, 1.165) is 18.4 Å². The predicted octanol–water partition coefficient (Wildman–Crippen LogP) is 4.87. The van der Waals surface area contributed by atoms with Crippen molar-refractivity contribution in [2.75, 3.05) is 27.2 Å². The van der Waals surface area contributed by atoms with E-state index in [1.807, 2.05) is 62.7 Å². The Bertz CT molecular complexity index is 1650. The number of fused-ring (bicyclic) bond motifs is 1. The number of aromatic nitrogens is 2. The van der Waals surface area contributed by atoms with Crippen molar-refractivity contribution in [1.29, 1.82) is 5.41 Å². The summed E-state index contributed by atoms with van der Waals surface area (Å²) >= 11 is 0. The zero-order chi connectivity index (χ0) is 35.3. The van der Waals surface area contributed by atoms with Crippen molar-refractivity contribution in [2.24, 2.45) is 11.7 Å². The van der Waals surface area contributed by atoms with Crippen LogP contribution in [0.5, 0.6) is 11.5 Å². The zero-order valence-corrected chi connectivity index (χ0v) is 29.1. The van der Waals surface area contributed by atoms with Crippen molar-refractivity contribution < 1.29 is 33.3 Å². The van der Waals surface area contributed by atoms with E-state index in [2.05, 4.69) is 0 Å². The van der Waals surface area contributed by atoms with E-state index < -0.39 is 5.60 Å². The van der Waals surface area contributed by atoms with Crippen molar-refractivity contribution in [2.45, 2.75) is 90.2 Å². The lowest BCUT2D eigenvalue weighted by atomic mass is 9.85. The van der Waals surface area contributed by atoms with E-state index in [4.69, 9.17) is 35.1 Å². The minimum Gasteiger partial charge on any atom is -0.490 e. The molecule has 2 fully saturated rings. The molecular weight excluding hydrogens is 628 g/mol. The SMILES string of the molecule is COC(=O)C1CCC(N(C)C(=O)Cn2c(COc3ccc(OC4CCN(C(=O)OC(C)(C)C)CC4)cc3)nc3cc(C(=N)N)ccc32)CC1. The van der Waals surface area contributed by atoms with Crippen LogP contribution in [0.25, 0.3) is 11.0 Å². The molecule has 49 heavy (non-hydrogen) atoms. The number of rotatable bonds is 10. The Balaban J connectivity index is 1.21. The van der Waals surface area contributed by atoms with Gasteiger partial charge in [0.2, 0.25) is 5.91 Å². The van der Waals surface area contributed by atoms with Gasteiger partial charge < -0.3 is 39.0 Å². The van der Waals surface area contributed by atoms with Gasteiger partial charge in [0.15, 0.2) is 0 Å². The Morgan fingerprint density at radius 2 is 1.63 bits per heavy atom. The number of nitrogens with two attached hydrogens (primary N) is 1. The third-order valence-electron chi connectivity index (χ3n) is 9.19. The number of piperidine rings is 1. The number of carbonyl (C=O) groups excluding carboxylic acids is 3. The molecule has 2 amide bonds. The maximum Gasteiger partial charge on any atom is 0.410 e. The number of methoxy groups -OCH3 is 1. The molecule has 0 radical (unpaired) electrons. The third kappa shape index (κ3) is 9.01. The van der Waals surface area contributed by atoms with Gasteiger partial charge in [0.05, 0.1) is 24.1 Å². The Morgan fingerprint density at radius 3 is 2.24 bits per heavy atom. The fraction of sp³-hybridized carbons (Fsp3) is 0.528. The minimum atomic E-state index is -0.526. The van der Waals surface area contributed by atoms with Crippen LogP contribution in [0.4, 0.5) is 4.79 Å².